The van der Waals surface area contributed by atoms with Crippen LogP contribution in [0.3, 0.4) is 0 Å². The summed E-state index contributed by atoms with van der Waals surface area (Å²) >= 11 is 1.19. The summed E-state index contributed by atoms with van der Waals surface area (Å²) in [5.41, 5.74) is -0.914. The van der Waals surface area contributed by atoms with Gasteiger partial charge in [0, 0.05) is 5.75 Å². The Morgan fingerprint density at radius 3 is 2.64 bits per heavy atom. The standard InChI is InChI=1S/C13H18N2O6S/c1-13(2,3)21-12(20)14-6-4-8(16)10-15(9(6)17)7(5-22-10)11(18)19/h4,7-8,10,16H,5H2,1-3H3,(H,14,20)(H,18,19)/t7-,8-,10-/m0/s1. The molecule has 0 unspecified atom stereocenters. The van der Waals surface area contributed by atoms with Gasteiger partial charge in [0.2, 0.25) is 0 Å². The highest BCUT2D eigenvalue weighted by atomic mass is 32.2. The molecule has 2 heterocycles. The van der Waals surface area contributed by atoms with Gasteiger partial charge in [-0.2, -0.15) is 0 Å². The van der Waals surface area contributed by atoms with Crippen molar-refractivity contribution in [2.75, 3.05) is 5.75 Å². The number of nitrogens with one attached hydrogen (secondary N) is 1. The van der Waals surface area contributed by atoms with Gasteiger partial charge in [-0.15, -0.1) is 11.8 Å². The van der Waals surface area contributed by atoms with Crippen LogP contribution in [0.25, 0.3) is 0 Å². The van der Waals surface area contributed by atoms with E-state index in [1.165, 1.54) is 17.8 Å². The van der Waals surface area contributed by atoms with Crippen LogP contribution in [0.1, 0.15) is 20.8 Å². The van der Waals surface area contributed by atoms with Gasteiger partial charge in [0.25, 0.3) is 5.91 Å². The number of ether oxygens (including phenoxy) is 1. The van der Waals surface area contributed by atoms with Crippen molar-refractivity contribution in [3.63, 3.8) is 0 Å². The van der Waals surface area contributed by atoms with Gasteiger partial charge in [-0.05, 0) is 26.8 Å². The quantitative estimate of drug-likeness (QED) is 0.658. The molecule has 122 valence electrons. The molecule has 2 amide bonds. The van der Waals surface area contributed by atoms with Crippen LogP contribution >= 0.6 is 11.8 Å². The van der Waals surface area contributed by atoms with Crippen LogP contribution in [-0.4, -0.2) is 62.0 Å². The van der Waals surface area contributed by atoms with Crippen molar-refractivity contribution < 1.29 is 29.3 Å². The number of rotatable bonds is 2. The van der Waals surface area contributed by atoms with E-state index < -0.39 is 41.1 Å². The second-order valence-corrected chi connectivity index (χ2v) is 7.14. The third kappa shape index (κ3) is 3.36. The first-order valence-electron chi connectivity index (χ1n) is 6.67. The first-order valence-corrected chi connectivity index (χ1v) is 7.72. The van der Waals surface area contributed by atoms with E-state index in [0.29, 0.717) is 0 Å². The molecule has 0 spiro atoms. The van der Waals surface area contributed by atoms with Crippen molar-refractivity contribution in [1.29, 1.82) is 0 Å². The molecule has 8 nitrogen and oxygen atoms in total. The molecule has 9 heteroatoms. The van der Waals surface area contributed by atoms with Crippen molar-refractivity contribution in [1.82, 2.24) is 10.2 Å². The SMILES string of the molecule is CC(C)(C)OC(=O)NC1=C[C@H](O)[C@@H]2SC[C@@H](C(=O)O)N2C1=O. The topological polar surface area (TPSA) is 116 Å². The fourth-order valence-electron chi connectivity index (χ4n) is 2.21. The Morgan fingerprint density at radius 2 is 2.09 bits per heavy atom. The summed E-state index contributed by atoms with van der Waals surface area (Å²) in [4.78, 5) is 36.4. The molecule has 2 rings (SSSR count). The molecule has 0 radical (unpaired) electrons. The van der Waals surface area contributed by atoms with E-state index >= 15 is 0 Å². The Balaban J connectivity index is 2.16. The number of carboxylic acids is 1. The molecule has 0 aliphatic carbocycles. The highest BCUT2D eigenvalue weighted by Gasteiger charge is 2.48. The van der Waals surface area contributed by atoms with Gasteiger partial charge in [0.15, 0.2) is 0 Å². The number of thioether (sulfide) groups is 1. The molecular weight excluding hydrogens is 312 g/mol. The second-order valence-electron chi connectivity index (χ2n) is 5.99. The minimum absolute atomic E-state index is 0.174. The Morgan fingerprint density at radius 1 is 1.45 bits per heavy atom. The van der Waals surface area contributed by atoms with Crippen molar-refractivity contribution in [3.05, 3.63) is 11.8 Å². The highest BCUT2D eigenvalue weighted by molar-refractivity contribution is 8.00. The van der Waals surface area contributed by atoms with Crippen LogP contribution in [0.4, 0.5) is 4.79 Å². The van der Waals surface area contributed by atoms with Gasteiger partial charge in [0.1, 0.15) is 28.8 Å². The van der Waals surface area contributed by atoms with Crippen molar-refractivity contribution in [2.24, 2.45) is 0 Å². The molecule has 3 N–H and O–H groups in total. The number of fused-ring (bicyclic) bond motifs is 1. The van der Waals surface area contributed by atoms with Crippen molar-refractivity contribution in [3.8, 4) is 0 Å². The number of nitrogens with zero attached hydrogens (tertiary/aromatic N) is 1. The molecule has 1 saturated heterocycles. The molecule has 3 atom stereocenters. The number of amides is 2. The first kappa shape index (κ1) is 16.6. The number of aliphatic hydroxyl groups is 1. The molecular formula is C13H18N2O6S. The van der Waals surface area contributed by atoms with Crippen molar-refractivity contribution >= 4 is 29.7 Å². The zero-order valence-corrected chi connectivity index (χ0v) is 13.2. The summed E-state index contributed by atoms with van der Waals surface area (Å²) in [5.74, 6) is -1.59. The van der Waals surface area contributed by atoms with Crippen LogP contribution in [0, 0.1) is 0 Å². The van der Waals surface area contributed by atoms with Crippen LogP contribution in [0.5, 0.6) is 0 Å². The van der Waals surface area contributed by atoms with E-state index in [0.717, 1.165) is 4.90 Å². The number of carboxylic acid groups (broad SMARTS) is 1. The predicted molar refractivity (Wildman–Crippen MR) is 78.0 cm³/mol. The van der Waals surface area contributed by atoms with Crippen LogP contribution in [-0.2, 0) is 14.3 Å². The fraction of sp³-hybridized carbons (Fsp3) is 0.615. The van der Waals surface area contributed by atoms with E-state index in [-0.39, 0.29) is 11.4 Å². The third-order valence-electron chi connectivity index (χ3n) is 3.05. The Kier molecular flexibility index (Phi) is 4.39. The number of aliphatic carboxylic acids is 1. The minimum Gasteiger partial charge on any atom is -0.480 e. The largest absolute Gasteiger partial charge is 0.480 e. The van der Waals surface area contributed by atoms with Crippen LogP contribution in [0.2, 0.25) is 0 Å². The maximum absolute atomic E-state index is 12.4. The number of carbonyl (C=O) groups is 3. The van der Waals surface area contributed by atoms with Gasteiger partial charge in [-0.1, -0.05) is 0 Å². The molecule has 0 bridgehead atoms. The molecule has 0 aromatic rings. The van der Waals surface area contributed by atoms with E-state index in [1.54, 1.807) is 20.8 Å². The zero-order chi connectivity index (χ0) is 16.7. The molecule has 22 heavy (non-hydrogen) atoms. The lowest BCUT2D eigenvalue weighted by Crippen LogP contribution is -2.54. The highest BCUT2D eigenvalue weighted by Crippen LogP contribution is 2.35. The normalized spacial score (nSPS) is 28.0. The van der Waals surface area contributed by atoms with Gasteiger partial charge in [-0.25, -0.2) is 9.59 Å². The van der Waals surface area contributed by atoms with Gasteiger partial charge >= 0.3 is 12.1 Å². The lowest BCUT2D eigenvalue weighted by atomic mass is 10.1. The van der Waals surface area contributed by atoms with E-state index in [4.69, 9.17) is 9.84 Å². The monoisotopic (exact) mass is 330 g/mol. The summed E-state index contributed by atoms with van der Waals surface area (Å²) in [7, 11) is 0. The Bertz CT molecular complexity index is 541. The number of aliphatic hydroxyl groups excluding tert-OH is 1. The lowest BCUT2D eigenvalue weighted by Gasteiger charge is -2.34. The van der Waals surface area contributed by atoms with E-state index in [9.17, 15) is 19.5 Å². The summed E-state index contributed by atoms with van der Waals surface area (Å²) in [6, 6.07) is -1.03. The summed E-state index contributed by atoms with van der Waals surface area (Å²) in [5, 5.41) is 20.8. The van der Waals surface area contributed by atoms with Gasteiger partial charge in [0.05, 0.1) is 0 Å². The Labute approximate surface area is 131 Å². The maximum Gasteiger partial charge on any atom is 0.412 e. The number of hydrogen-bond acceptors (Lipinski definition) is 6. The summed E-state index contributed by atoms with van der Waals surface area (Å²) < 4.78 is 5.04. The number of carbonyl (C=O) groups excluding carboxylic acids is 2. The van der Waals surface area contributed by atoms with Crippen LogP contribution < -0.4 is 5.32 Å². The van der Waals surface area contributed by atoms with E-state index in [1.807, 2.05) is 0 Å². The predicted octanol–water partition coefficient (Wildman–Crippen LogP) is 0.124. The van der Waals surface area contributed by atoms with Crippen LogP contribution in [0.15, 0.2) is 11.8 Å². The molecule has 0 aromatic carbocycles. The lowest BCUT2D eigenvalue weighted by molar-refractivity contribution is -0.149. The molecule has 1 fully saturated rings. The fourth-order valence-corrected chi connectivity index (χ4v) is 3.57. The maximum atomic E-state index is 12.4. The second kappa shape index (κ2) is 5.81. The smallest absolute Gasteiger partial charge is 0.412 e. The zero-order valence-electron chi connectivity index (χ0n) is 12.4. The average molecular weight is 330 g/mol. The van der Waals surface area contributed by atoms with Gasteiger partial charge in [-0.3, -0.25) is 10.1 Å². The third-order valence-corrected chi connectivity index (χ3v) is 4.41. The number of hydrogen-bond donors (Lipinski definition) is 3. The Hall–Kier alpha value is -1.74. The first-order chi connectivity index (χ1) is 10.1. The van der Waals surface area contributed by atoms with E-state index in [2.05, 4.69) is 5.32 Å². The average Bonchev–Trinajstić information content (AvgIpc) is 2.78. The summed E-state index contributed by atoms with van der Waals surface area (Å²) in [6.07, 6.45) is -0.682. The molecule has 0 aromatic heterocycles. The molecule has 2 aliphatic rings. The summed E-state index contributed by atoms with van der Waals surface area (Å²) in [6.45, 7) is 5.02. The molecule has 0 saturated carbocycles. The van der Waals surface area contributed by atoms with Crippen molar-refractivity contribution in [2.45, 2.75) is 43.9 Å². The van der Waals surface area contributed by atoms with Gasteiger partial charge < -0.3 is 19.8 Å². The number of alkyl carbamates (subject to hydrolysis) is 1. The minimum atomic E-state index is -1.14. The molecule has 2 aliphatic heterocycles.